The quantitative estimate of drug-likeness (QED) is 0.706. The number of ketones is 1. The Morgan fingerprint density at radius 3 is 2.69 bits per heavy atom. The fraction of sp³-hybridized carbons (Fsp3) is 0.417. The van der Waals surface area contributed by atoms with Gasteiger partial charge in [-0.1, -0.05) is 6.07 Å². The number of Topliss-reactive ketones (excluding diaryl/α,β-unsaturated/α-hetero) is 1. The van der Waals surface area contributed by atoms with Gasteiger partial charge >= 0.3 is 5.97 Å². The van der Waals surface area contributed by atoms with E-state index in [0.29, 0.717) is 6.42 Å². The molecule has 0 atom stereocenters. The van der Waals surface area contributed by atoms with Gasteiger partial charge in [0.25, 0.3) is 0 Å². The number of aromatic nitrogens is 1. The van der Waals surface area contributed by atoms with Crippen LogP contribution in [-0.2, 0) is 20.7 Å². The number of carbonyl (C=O) groups is 2. The van der Waals surface area contributed by atoms with Crippen molar-refractivity contribution in [2.45, 2.75) is 26.2 Å². The molecule has 0 spiro atoms. The SMILES string of the molecule is COC(=O)CCC(=O)Cc1cncc(C)c1. The third kappa shape index (κ3) is 4.21. The second kappa shape index (κ2) is 6.00. The highest BCUT2D eigenvalue weighted by molar-refractivity contribution is 5.84. The van der Waals surface area contributed by atoms with Crippen LogP contribution in [0.15, 0.2) is 18.5 Å². The molecule has 1 heterocycles. The average molecular weight is 221 g/mol. The van der Waals surface area contributed by atoms with Crippen molar-refractivity contribution in [2.75, 3.05) is 7.11 Å². The third-order valence-electron chi connectivity index (χ3n) is 2.17. The molecule has 1 aromatic heterocycles. The van der Waals surface area contributed by atoms with Crippen LogP contribution in [0.25, 0.3) is 0 Å². The molecule has 4 heteroatoms. The van der Waals surface area contributed by atoms with Gasteiger partial charge in [-0.25, -0.2) is 0 Å². The fourth-order valence-electron chi connectivity index (χ4n) is 1.37. The van der Waals surface area contributed by atoms with E-state index in [9.17, 15) is 9.59 Å². The molecule has 0 aliphatic heterocycles. The topological polar surface area (TPSA) is 56.3 Å². The van der Waals surface area contributed by atoms with Gasteiger partial charge in [-0.2, -0.15) is 0 Å². The van der Waals surface area contributed by atoms with E-state index in [1.165, 1.54) is 7.11 Å². The van der Waals surface area contributed by atoms with Crippen LogP contribution >= 0.6 is 0 Å². The summed E-state index contributed by atoms with van der Waals surface area (Å²) in [6.45, 7) is 1.93. The van der Waals surface area contributed by atoms with E-state index in [1.807, 2.05) is 13.0 Å². The summed E-state index contributed by atoms with van der Waals surface area (Å²) in [5, 5.41) is 0. The number of rotatable bonds is 5. The normalized spacial score (nSPS) is 9.88. The van der Waals surface area contributed by atoms with Crippen LogP contribution in [0.3, 0.4) is 0 Å². The van der Waals surface area contributed by atoms with Gasteiger partial charge in [-0.3, -0.25) is 14.6 Å². The van der Waals surface area contributed by atoms with Gasteiger partial charge in [0.2, 0.25) is 0 Å². The van der Waals surface area contributed by atoms with Crippen LogP contribution in [0.5, 0.6) is 0 Å². The molecule has 0 aliphatic rings. The van der Waals surface area contributed by atoms with Crippen molar-refractivity contribution in [2.24, 2.45) is 0 Å². The molecule has 16 heavy (non-hydrogen) atoms. The van der Waals surface area contributed by atoms with E-state index in [4.69, 9.17) is 0 Å². The molecule has 0 unspecified atom stereocenters. The smallest absolute Gasteiger partial charge is 0.305 e. The molecular formula is C12H15NO3. The number of hydrogen-bond donors (Lipinski definition) is 0. The molecule has 0 saturated heterocycles. The van der Waals surface area contributed by atoms with Gasteiger partial charge < -0.3 is 4.74 Å². The van der Waals surface area contributed by atoms with E-state index in [-0.39, 0.29) is 24.6 Å². The van der Waals surface area contributed by atoms with Gasteiger partial charge in [0.15, 0.2) is 0 Å². The summed E-state index contributed by atoms with van der Waals surface area (Å²) in [6, 6.07) is 1.92. The number of aryl methyl sites for hydroxylation is 1. The fourth-order valence-corrected chi connectivity index (χ4v) is 1.37. The van der Waals surface area contributed by atoms with E-state index in [2.05, 4.69) is 9.72 Å². The van der Waals surface area contributed by atoms with Gasteiger partial charge in [-0.05, 0) is 18.1 Å². The molecule has 4 nitrogen and oxygen atoms in total. The van der Waals surface area contributed by atoms with E-state index in [1.54, 1.807) is 12.4 Å². The second-order valence-corrected chi connectivity index (χ2v) is 3.66. The third-order valence-corrected chi connectivity index (χ3v) is 2.17. The summed E-state index contributed by atoms with van der Waals surface area (Å²) in [7, 11) is 1.32. The van der Waals surface area contributed by atoms with Gasteiger partial charge in [0.05, 0.1) is 13.5 Å². The largest absolute Gasteiger partial charge is 0.469 e. The summed E-state index contributed by atoms with van der Waals surface area (Å²) >= 11 is 0. The molecule has 0 saturated carbocycles. The Hall–Kier alpha value is -1.71. The predicted molar refractivity (Wildman–Crippen MR) is 58.9 cm³/mol. The van der Waals surface area contributed by atoms with E-state index < -0.39 is 0 Å². The van der Waals surface area contributed by atoms with Crippen molar-refractivity contribution in [1.82, 2.24) is 4.98 Å². The highest BCUT2D eigenvalue weighted by atomic mass is 16.5. The van der Waals surface area contributed by atoms with Crippen LogP contribution in [0.4, 0.5) is 0 Å². The molecular weight excluding hydrogens is 206 g/mol. The number of ether oxygens (including phenoxy) is 1. The van der Waals surface area contributed by atoms with Crippen LogP contribution in [0.2, 0.25) is 0 Å². The van der Waals surface area contributed by atoms with Crippen molar-refractivity contribution < 1.29 is 14.3 Å². The minimum Gasteiger partial charge on any atom is -0.469 e. The van der Waals surface area contributed by atoms with Crippen LogP contribution in [0, 0.1) is 6.92 Å². The van der Waals surface area contributed by atoms with Gasteiger partial charge in [0, 0.05) is 25.2 Å². The summed E-state index contributed by atoms with van der Waals surface area (Å²) in [5.74, 6) is -0.325. The first-order valence-corrected chi connectivity index (χ1v) is 5.11. The maximum absolute atomic E-state index is 11.5. The van der Waals surface area contributed by atoms with Crippen LogP contribution in [0.1, 0.15) is 24.0 Å². The Labute approximate surface area is 94.6 Å². The van der Waals surface area contributed by atoms with Crippen molar-refractivity contribution in [1.29, 1.82) is 0 Å². The molecule has 0 fully saturated rings. The average Bonchev–Trinajstić information content (AvgIpc) is 2.26. The predicted octanol–water partition coefficient (Wildman–Crippen LogP) is 1.45. The number of esters is 1. The highest BCUT2D eigenvalue weighted by Crippen LogP contribution is 2.05. The zero-order chi connectivity index (χ0) is 12.0. The number of nitrogens with zero attached hydrogens (tertiary/aromatic N) is 1. The molecule has 0 N–H and O–H groups in total. The molecule has 0 bridgehead atoms. The standard InChI is InChI=1S/C12H15NO3/c1-9-5-10(8-13-7-9)6-11(14)3-4-12(15)16-2/h5,7-8H,3-4,6H2,1-2H3. The lowest BCUT2D eigenvalue weighted by molar-refractivity contribution is -0.141. The first kappa shape index (κ1) is 12.4. The highest BCUT2D eigenvalue weighted by Gasteiger charge is 2.08. The summed E-state index contributed by atoms with van der Waals surface area (Å²) in [5.41, 5.74) is 1.91. The lowest BCUT2D eigenvalue weighted by Crippen LogP contribution is -2.08. The lowest BCUT2D eigenvalue weighted by atomic mass is 10.1. The van der Waals surface area contributed by atoms with Crippen molar-refractivity contribution >= 4 is 11.8 Å². The van der Waals surface area contributed by atoms with Crippen LogP contribution < -0.4 is 0 Å². The summed E-state index contributed by atoms with van der Waals surface area (Å²) in [6.07, 6.45) is 4.10. The van der Waals surface area contributed by atoms with E-state index in [0.717, 1.165) is 11.1 Å². The Morgan fingerprint density at radius 1 is 1.31 bits per heavy atom. The maximum atomic E-state index is 11.5. The summed E-state index contributed by atoms with van der Waals surface area (Å²) in [4.78, 5) is 26.3. The second-order valence-electron chi connectivity index (χ2n) is 3.66. The molecule has 0 amide bonds. The molecule has 0 radical (unpaired) electrons. The minimum absolute atomic E-state index is 0.0257. The Bertz CT molecular complexity index is 388. The minimum atomic E-state index is -0.351. The first-order valence-electron chi connectivity index (χ1n) is 5.11. The molecule has 1 aromatic rings. The molecule has 0 aliphatic carbocycles. The summed E-state index contributed by atoms with van der Waals surface area (Å²) < 4.78 is 4.47. The zero-order valence-electron chi connectivity index (χ0n) is 9.53. The number of carbonyl (C=O) groups excluding carboxylic acids is 2. The monoisotopic (exact) mass is 221 g/mol. The molecule has 0 aromatic carbocycles. The van der Waals surface area contributed by atoms with Crippen molar-refractivity contribution in [3.05, 3.63) is 29.6 Å². The maximum Gasteiger partial charge on any atom is 0.305 e. The number of methoxy groups -OCH3 is 1. The Kier molecular flexibility index (Phi) is 4.64. The number of hydrogen-bond acceptors (Lipinski definition) is 4. The Morgan fingerprint density at radius 2 is 2.06 bits per heavy atom. The van der Waals surface area contributed by atoms with Crippen molar-refractivity contribution in [3.8, 4) is 0 Å². The Balaban J connectivity index is 2.43. The number of pyridine rings is 1. The molecule has 86 valence electrons. The first-order chi connectivity index (χ1) is 7.61. The van der Waals surface area contributed by atoms with Crippen molar-refractivity contribution in [3.63, 3.8) is 0 Å². The van der Waals surface area contributed by atoms with Gasteiger partial charge in [-0.15, -0.1) is 0 Å². The lowest BCUT2D eigenvalue weighted by Gasteiger charge is -2.01. The van der Waals surface area contributed by atoms with E-state index >= 15 is 0 Å². The van der Waals surface area contributed by atoms with Crippen LogP contribution in [-0.4, -0.2) is 23.8 Å². The zero-order valence-corrected chi connectivity index (χ0v) is 9.53. The van der Waals surface area contributed by atoms with Gasteiger partial charge in [0.1, 0.15) is 5.78 Å². The molecule has 1 rings (SSSR count).